The summed E-state index contributed by atoms with van der Waals surface area (Å²) in [5, 5.41) is 28.2. The first-order valence-corrected chi connectivity index (χ1v) is 8.35. The molecule has 1 heterocycles. The Balaban J connectivity index is 2.28. The van der Waals surface area contributed by atoms with Crippen LogP contribution in [0.1, 0.15) is 18.7 Å². The van der Waals surface area contributed by atoms with E-state index >= 15 is 0 Å². The van der Waals surface area contributed by atoms with Gasteiger partial charge in [0.15, 0.2) is 0 Å². The number of nitrogens with one attached hydrogen (secondary N) is 1. The summed E-state index contributed by atoms with van der Waals surface area (Å²) in [4.78, 5) is 33.0. The highest BCUT2D eigenvalue weighted by Crippen LogP contribution is 2.35. The number of nitro groups is 2. The zero-order valence-electron chi connectivity index (χ0n) is 12.9. The number of amides is 1. The average molecular weight is 477 g/mol. The highest BCUT2D eigenvalue weighted by Gasteiger charge is 2.25. The number of carbonyl (C=O) groups excluding carboxylic acids is 1. The van der Waals surface area contributed by atoms with Crippen LogP contribution < -0.4 is 5.32 Å². The number of aromatic nitrogens is 2. The normalized spacial score (nSPS) is 11.8. The Morgan fingerprint density at radius 2 is 1.80 bits per heavy atom. The minimum Gasteiger partial charge on any atom is -0.322 e. The highest BCUT2D eigenvalue weighted by molar-refractivity contribution is 9.11. The summed E-state index contributed by atoms with van der Waals surface area (Å²) in [7, 11) is 0. The van der Waals surface area contributed by atoms with Crippen molar-refractivity contribution in [1.29, 1.82) is 0 Å². The second kappa shape index (κ2) is 7.27. The lowest BCUT2D eigenvalue weighted by Crippen LogP contribution is -2.25. The molecule has 0 bridgehead atoms. The summed E-state index contributed by atoms with van der Waals surface area (Å²) in [5.74, 6) is -0.489. The second-order valence-corrected chi connectivity index (χ2v) is 6.73. The summed E-state index contributed by atoms with van der Waals surface area (Å²) < 4.78 is 1.87. The maximum atomic E-state index is 12.5. The van der Waals surface area contributed by atoms with Gasteiger partial charge in [0, 0.05) is 21.1 Å². The number of anilines is 1. The number of non-ortho nitro benzene ring substituents is 1. The molecule has 2 aromatic rings. The fourth-order valence-electron chi connectivity index (χ4n) is 2.11. The minimum absolute atomic E-state index is 0.150. The predicted octanol–water partition coefficient (Wildman–Crippen LogP) is 3.73. The maximum Gasteiger partial charge on any atom is 0.309 e. The standard InChI is InChI=1S/C13H11Br2N5O5/c1-6-11(20(24)25)5-16-18(6)7(2)13(21)17-12-9(14)3-8(19(22)23)4-10(12)15/h3-5,7H,1-2H3,(H,17,21). The van der Waals surface area contributed by atoms with Crippen LogP contribution in [-0.2, 0) is 4.79 Å². The molecule has 132 valence electrons. The SMILES string of the molecule is Cc1c([N+](=O)[O-])cnn1C(C)C(=O)Nc1c(Br)cc([N+](=O)[O-])cc1Br. The molecule has 1 amide bonds. The van der Waals surface area contributed by atoms with Crippen molar-refractivity contribution in [1.82, 2.24) is 9.78 Å². The average Bonchev–Trinajstić information content (AvgIpc) is 2.91. The predicted molar refractivity (Wildman–Crippen MR) is 95.5 cm³/mol. The van der Waals surface area contributed by atoms with Gasteiger partial charge in [-0.05, 0) is 45.7 Å². The summed E-state index contributed by atoms with van der Waals surface area (Å²) in [5.41, 5.74) is 0.219. The van der Waals surface area contributed by atoms with Gasteiger partial charge in [0.2, 0.25) is 5.91 Å². The van der Waals surface area contributed by atoms with Crippen molar-refractivity contribution in [3.05, 3.63) is 53.2 Å². The van der Waals surface area contributed by atoms with Crippen LogP contribution in [0.15, 0.2) is 27.3 Å². The van der Waals surface area contributed by atoms with Gasteiger partial charge in [0.1, 0.15) is 17.9 Å². The monoisotopic (exact) mass is 475 g/mol. The fraction of sp³-hybridized carbons (Fsp3) is 0.231. The van der Waals surface area contributed by atoms with Crippen LogP contribution in [0, 0.1) is 27.2 Å². The molecular weight excluding hydrogens is 466 g/mol. The summed E-state index contributed by atoms with van der Waals surface area (Å²) >= 11 is 6.35. The molecule has 12 heteroatoms. The van der Waals surface area contributed by atoms with E-state index in [1.807, 2.05) is 0 Å². The van der Waals surface area contributed by atoms with E-state index in [1.165, 1.54) is 30.7 Å². The molecule has 0 aliphatic carbocycles. The van der Waals surface area contributed by atoms with E-state index in [9.17, 15) is 25.0 Å². The molecule has 1 aromatic heterocycles. The Morgan fingerprint density at radius 3 is 2.24 bits per heavy atom. The lowest BCUT2D eigenvalue weighted by molar-refractivity contribution is -0.385. The molecule has 0 aliphatic rings. The Bertz CT molecular complexity index is 859. The summed E-state index contributed by atoms with van der Waals surface area (Å²) in [6.45, 7) is 3.03. The Morgan fingerprint density at radius 1 is 1.24 bits per heavy atom. The van der Waals surface area contributed by atoms with E-state index < -0.39 is 21.8 Å². The summed E-state index contributed by atoms with van der Waals surface area (Å²) in [6.07, 6.45) is 1.08. The van der Waals surface area contributed by atoms with Crippen molar-refractivity contribution in [2.24, 2.45) is 0 Å². The van der Waals surface area contributed by atoms with Crippen LogP contribution in [0.3, 0.4) is 0 Å². The van der Waals surface area contributed by atoms with Crippen molar-refractivity contribution in [2.75, 3.05) is 5.32 Å². The van der Waals surface area contributed by atoms with Gasteiger partial charge >= 0.3 is 5.69 Å². The number of carbonyl (C=O) groups is 1. The van der Waals surface area contributed by atoms with Crippen LogP contribution in [-0.4, -0.2) is 25.5 Å². The van der Waals surface area contributed by atoms with Crippen molar-refractivity contribution >= 4 is 54.8 Å². The Hall–Kier alpha value is -2.34. The molecule has 0 aliphatic heterocycles. The molecule has 0 saturated heterocycles. The lowest BCUT2D eigenvalue weighted by Gasteiger charge is -2.15. The van der Waals surface area contributed by atoms with Gasteiger partial charge in [-0.25, -0.2) is 0 Å². The Labute approximate surface area is 157 Å². The topological polar surface area (TPSA) is 133 Å². The first kappa shape index (κ1) is 19.0. The fourth-order valence-corrected chi connectivity index (χ4v) is 3.47. The Kier molecular flexibility index (Phi) is 5.52. The molecule has 0 radical (unpaired) electrons. The van der Waals surface area contributed by atoms with E-state index in [0.717, 1.165) is 6.20 Å². The summed E-state index contributed by atoms with van der Waals surface area (Å²) in [6, 6.07) is 1.69. The van der Waals surface area contributed by atoms with Gasteiger partial charge in [-0.15, -0.1) is 0 Å². The van der Waals surface area contributed by atoms with E-state index in [2.05, 4.69) is 42.3 Å². The zero-order valence-corrected chi connectivity index (χ0v) is 16.1. The maximum absolute atomic E-state index is 12.5. The van der Waals surface area contributed by atoms with E-state index in [-0.39, 0.29) is 17.1 Å². The third-order valence-corrected chi connectivity index (χ3v) is 4.70. The number of benzene rings is 1. The number of nitrogens with zero attached hydrogens (tertiary/aromatic N) is 4. The molecule has 10 nitrogen and oxygen atoms in total. The van der Waals surface area contributed by atoms with E-state index in [1.54, 1.807) is 0 Å². The first-order chi connectivity index (χ1) is 11.6. The van der Waals surface area contributed by atoms with Gasteiger partial charge < -0.3 is 5.32 Å². The molecule has 1 unspecified atom stereocenters. The van der Waals surface area contributed by atoms with Gasteiger partial charge in [0.05, 0.1) is 15.5 Å². The number of hydrogen-bond acceptors (Lipinski definition) is 6. The number of rotatable bonds is 5. The zero-order chi connectivity index (χ0) is 18.9. The molecule has 25 heavy (non-hydrogen) atoms. The van der Waals surface area contributed by atoms with Crippen LogP contribution in [0.2, 0.25) is 0 Å². The van der Waals surface area contributed by atoms with Crippen LogP contribution >= 0.6 is 31.9 Å². The molecule has 1 aromatic carbocycles. The molecule has 1 atom stereocenters. The molecule has 0 fully saturated rings. The van der Waals surface area contributed by atoms with Crippen LogP contribution in [0.25, 0.3) is 0 Å². The number of halogens is 2. The van der Waals surface area contributed by atoms with Crippen molar-refractivity contribution in [3.63, 3.8) is 0 Å². The minimum atomic E-state index is -0.831. The van der Waals surface area contributed by atoms with E-state index in [0.29, 0.717) is 14.6 Å². The first-order valence-electron chi connectivity index (χ1n) is 6.76. The quantitative estimate of drug-likeness (QED) is 0.516. The molecule has 1 N–H and O–H groups in total. The van der Waals surface area contributed by atoms with Gasteiger partial charge in [0.25, 0.3) is 5.69 Å². The van der Waals surface area contributed by atoms with Gasteiger partial charge in [-0.3, -0.25) is 29.7 Å². The smallest absolute Gasteiger partial charge is 0.309 e. The van der Waals surface area contributed by atoms with Crippen molar-refractivity contribution in [3.8, 4) is 0 Å². The van der Waals surface area contributed by atoms with Crippen molar-refractivity contribution < 1.29 is 14.6 Å². The lowest BCUT2D eigenvalue weighted by atomic mass is 10.2. The third kappa shape index (κ3) is 3.85. The second-order valence-electron chi connectivity index (χ2n) is 5.02. The van der Waals surface area contributed by atoms with E-state index in [4.69, 9.17) is 0 Å². The molecule has 2 rings (SSSR count). The largest absolute Gasteiger partial charge is 0.322 e. The van der Waals surface area contributed by atoms with Gasteiger partial charge in [-0.2, -0.15) is 5.10 Å². The molecule has 0 saturated carbocycles. The van der Waals surface area contributed by atoms with Crippen LogP contribution in [0.5, 0.6) is 0 Å². The number of nitro benzene ring substituents is 1. The van der Waals surface area contributed by atoms with Crippen LogP contribution in [0.4, 0.5) is 17.1 Å². The molecule has 0 spiro atoms. The highest BCUT2D eigenvalue weighted by atomic mass is 79.9. The third-order valence-electron chi connectivity index (χ3n) is 3.45. The van der Waals surface area contributed by atoms with Gasteiger partial charge in [-0.1, -0.05) is 0 Å². The number of hydrogen-bond donors (Lipinski definition) is 1. The molecular formula is C13H11Br2N5O5. The van der Waals surface area contributed by atoms with Crippen molar-refractivity contribution in [2.45, 2.75) is 19.9 Å².